The number of rotatable bonds is 6. The van der Waals surface area contributed by atoms with Gasteiger partial charge < -0.3 is 4.74 Å². The second-order valence-corrected chi connectivity index (χ2v) is 7.21. The first-order valence-corrected chi connectivity index (χ1v) is 8.78. The van der Waals surface area contributed by atoms with E-state index in [1.165, 1.54) is 18.9 Å². The minimum absolute atomic E-state index is 0.132. The molecule has 128 valence electrons. The molecule has 0 aliphatic carbocycles. The van der Waals surface area contributed by atoms with Crippen LogP contribution in [0.5, 0.6) is 0 Å². The number of hydrogen-bond donors (Lipinski definition) is 0. The maximum atomic E-state index is 12.8. The van der Waals surface area contributed by atoms with Gasteiger partial charge in [0.15, 0.2) is 5.16 Å². The highest BCUT2D eigenvalue weighted by molar-refractivity contribution is 7.99. The molecule has 0 radical (unpaired) electrons. The number of carbonyl (C=O) groups is 1. The number of methoxy groups -OCH3 is 1. The molecule has 5 nitrogen and oxygen atoms in total. The SMILES string of the molecule is C=C(Cl)CSc1nc2cc(C(=O)OC)ccc2c(=O)n1CC(C)C. The molecule has 24 heavy (non-hydrogen) atoms. The van der Waals surface area contributed by atoms with Crippen molar-refractivity contribution in [2.45, 2.75) is 25.5 Å². The van der Waals surface area contributed by atoms with Crippen LogP contribution < -0.4 is 5.56 Å². The van der Waals surface area contributed by atoms with Crippen LogP contribution in [-0.2, 0) is 11.3 Å². The minimum Gasteiger partial charge on any atom is -0.465 e. The summed E-state index contributed by atoms with van der Waals surface area (Å²) in [5.41, 5.74) is 0.689. The van der Waals surface area contributed by atoms with E-state index in [1.54, 1.807) is 22.8 Å². The van der Waals surface area contributed by atoms with E-state index in [4.69, 9.17) is 16.3 Å². The van der Waals surface area contributed by atoms with Gasteiger partial charge in [-0.1, -0.05) is 43.8 Å². The average Bonchev–Trinajstić information content (AvgIpc) is 2.54. The lowest BCUT2D eigenvalue weighted by Gasteiger charge is -2.15. The summed E-state index contributed by atoms with van der Waals surface area (Å²) >= 11 is 7.19. The van der Waals surface area contributed by atoms with E-state index < -0.39 is 5.97 Å². The van der Waals surface area contributed by atoms with Crippen molar-refractivity contribution in [3.63, 3.8) is 0 Å². The zero-order valence-electron chi connectivity index (χ0n) is 13.8. The van der Waals surface area contributed by atoms with Crippen LogP contribution in [0.3, 0.4) is 0 Å². The van der Waals surface area contributed by atoms with Crippen LogP contribution in [0, 0.1) is 5.92 Å². The Bertz CT molecular complexity index is 846. The molecule has 1 aromatic heterocycles. The van der Waals surface area contributed by atoms with Gasteiger partial charge in [-0.25, -0.2) is 9.78 Å². The molecule has 0 bridgehead atoms. The first kappa shape index (κ1) is 18.5. The molecule has 0 amide bonds. The third-order valence-electron chi connectivity index (χ3n) is 3.25. The average molecular weight is 367 g/mol. The summed E-state index contributed by atoms with van der Waals surface area (Å²) < 4.78 is 6.36. The second-order valence-electron chi connectivity index (χ2n) is 5.73. The lowest BCUT2D eigenvalue weighted by Crippen LogP contribution is -2.25. The maximum absolute atomic E-state index is 12.8. The molecule has 1 heterocycles. The third kappa shape index (κ3) is 4.19. The summed E-state index contributed by atoms with van der Waals surface area (Å²) in [5.74, 6) is 0.275. The van der Waals surface area contributed by atoms with E-state index in [2.05, 4.69) is 11.6 Å². The second kappa shape index (κ2) is 7.85. The molecule has 0 unspecified atom stereocenters. The van der Waals surface area contributed by atoms with Crippen molar-refractivity contribution in [1.29, 1.82) is 0 Å². The van der Waals surface area contributed by atoms with Crippen LogP contribution in [-0.4, -0.2) is 28.4 Å². The van der Waals surface area contributed by atoms with Crippen LogP contribution in [0.2, 0.25) is 0 Å². The Balaban J connectivity index is 2.62. The van der Waals surface area contributed by atoms with Crippen molar-refractivity contribution in [3.8, 4) is 0 Å². The van der Waals surface area contributed by atoms with Gasteiger partial charge in [0.1, 0.15) is 0 Å². The van der Waals surface area contributed by atoms with E-state index in [9.17, 15) is 9.59 Å². The van der Waals surface area contributed by atoms with Crippen molar-refractivity contribution >= 4 is 40.2 Å². The Morgan fingerprint density at radius 3 is 2.75 bits per heavy atom. The highest BCUT2D eigenvalue weighted by Gasteiger charge is 2.15. The molecular weight excluding hydrogens is 348 g/mol. The van der Waals surface area contributed by atoms with Crippen molar-refractivity contribution in [2.75, 3.05) is 12.9 Å². The van der Waals surface area contributed by atoms with E-state index in [0.29, 0.717) is 39.0 Å². The smallest absolute Gasteiger partial charge is 0.337 e. The van der Waals surface area contributed by atoms with Crippen molar-refractivity contribution in [3.05, 3.63) is 45.7 Å². The molecule has 2 rings (SSSR count). The lowest BCUT2D eigenvalue weighted by molar-refractivity contribution is 0.0601. The Morgan fingerprint density at radius 1 is 1.46 bits per heavy atom. The molecule has 0 saturated heterocycles. The summed E-state index contributed by atoms with van der Waals surface area (Å²) in [7, 11) is 1.31. The number of halogens is 1. The van der Waals surface area contributed by atoms with Crippen LogP contribution in [0.4, 0.5) is 0 Å². The minimum atomic E-state index is -0.464. The largest absolute Gasteiger partial charge is 0.465 e. The number of benzene rings is 1. The van der Waals surface area contributed by atoms with Crippen LogP contribution >= 0.6 is 23.4 Å². The van der Waals surface area contributed by atoms with Gasteiger partial charge in [-0.3, -0.25) is 9.36 Å². The fourth-order valence-corrected chi connectivity index (χ4v) is 3.15. The predicted molar refractivity (Wildman–Crippen MR) is 97.9 cm³/mol. The van der Waals surface area contributed by atoms with Crippen LogP contribution in [0.15, 0.2) is 39.8 Å². The molecule has 0 aliphatic heterocycles. The van der Waals surface area contributed by atoms with Crippen LogP contribution in [0.25, 0.3) is 10.9 Å². The Labute approximate surface area is 149 Å². The zero-order valence-corrected chi connectivity index (χ0v) is 15.4. The molecular formula is C17H19ClN2O3S. The normalized spacial score (nSPS) is 11.0. The molecule has 0 N–H and O–H groups in total. The summed E-state index contributed by atoms with van der Waals surface area (Å²) in [5, 5.41) is 1.51. The van der Waals surface area contributed by atoms with E-state index in [1.807, 2.05) is 13.8 Å². The first-order chi connectivity index (χ1) is 11.3. The highest BCUT2D eigenvalue weighted by Crippen LogP contribution is 2.22. The number of hydrogen-bond acceptors (Lipinski definition) is 5. The Hall–Kier alpha value is -1.79. The molecule has 0 spiro atoms. The number of esters is 1. The number of aromatic nitrogens is 2. The Morgan fingerprint density at radius 2 is 2.17 bits per heavy atom. The summed E-state index contributed by atoms with van der Waals surface area (Å²) in [4.78, 5) is 29.1. The highest BCUT2D eigenvalue weighted by atomic mass is 35.5. The number of nitrogens with zero attached hydrogens (tertiary/aromatic N) is 2. The van der Waals surface area contributed by atoms with Gasteiger partial charge in [-0.05, 0) is 24.1 Å². The van der Waals surface area contributed by atoms with Crippen molar-refractivity contribution in [1.82, 2.24) is 9.55 Å². The quantitative estimate of drug-likeness (QED) is 0.443. The van der Waals surface area contributed by atoms with Gasteiger partial charge >= 0.3 is 5.97 Å². The van der Waals surface area contributed by atoms with Gasteiger partial charge in [0, 0.05) is 17.3 Å². The number of fused-ring (bicyclic) bond motifs is 1. The standard InChI is InChI=1S/C17H19ClN2O3S/c1-10(2)8-20-15(21)13-6-5-12(16(22)23-4)7-14(13)19-17(20)24-9-11(3)18/h5-7,10H,3,8-9H2,1-2,4H3. The van der Waals surface area contributed by atoms with E-state index in [0.717, 1.165) is 0 Å². The Kier molecular flexibility index (Phi) is 6.07. The fraction of sp³-hybridized carbons (Fsp3) is 0.353. The topological polar surface area (TPSA) is 61.2 Å². The summed E-state index contributed by atoms with van der Waals surface area (Å²) in [6.07, 6.45) is 0. The zero-order chi connectivity index (χ0) is 17.9. The molecule has 0 saturated carbocycles. The van der Waals surface area contributed by atoms with Crippen molar-refractivity contribution in [2.24, 2.45) is 5.92 Å². The van der Waals surface area contributed by atoms with E-state index >= 15 is 0 Å². The molecule has 7 heteroatoms. The fourth-order valence-electron chi connectivity index (χ4n) is 2.22. The molecule has 1 aromatic carbocycles. The number of carbonyl (C=O) groups excluding carboxylic acids is 1. The molecule has 0 fully saturated rings. The number of thioether (sulfide) groups is 1. The van der Waals surface area contributed by atoms with Crippen molar-refractivity contribution < 1.29 is 9.53 Å². The molecule has 0 aliphatic rings. The predicted octanol–water partition coefficient (Wildman–Crippen LogP) is 3.68. The monoisotopic (exact) mass is 366 g/mol. The third-order valence-corrected chi connectivity index (χ3v) is 4.60. The van der Waals surface area contributed by atoms with Gasteiger partial charge in [0.05, 0.1) is 23.6 Å². The van der Waals surface area contributed by atoms with Gasteiger partial charge in [0.25, 0.3) is 5.56 Å². The van der Waals surface area contributed by atoms with E-state index in [-0.39, 0.29) is 11.5 Å². The molecule has 0 atom stereocenters. The van der Waals surface area contributed by atoms with Gasteiger partial charge in [0.2, 0.25) is 0 Å². The summed E-state index contributed by atoms with van der Waals surface area (Å²) in [6, 6.07) is 4.76. The first-order valence-electron chi connectivity index (χ1n) is 7.42. The number of ether oxygens (including phenoxy) is 1. The molecule has 2 aromatic rings. The van der Waals surface area contributed by atoms with Crippen LogP contribution in [0.1, 0.15) is 24.2 Å². The lowest BCUT2D eigenvalue weighted by atomic mass is 10.1. The van der Waals surface area contributed by atoms with Gasteiger partial charge in [-0.2, -0.15) is 0 Å². The maximum Gasteiger partial charge on any atom is 0.337 e. The van der Waals surface area contributed by atoms with Gasteiger partial charge in [-0.15, -0.1) is 0 Å². The summed E-state index contributed by atoms with van der Waals surface area (Å²) in [6.45, 7) is 8.28.